The molecule has 5 nitrogen and oxygen atoms in total. The summed E-state index contributed by atoms with van der Waals surface area (Å²) in [7, 11) is 0. The lowest BCUT2D eigenvalue weighted by molar-refractivity contribution is 0.169. The summed E-state index contributed by atoms with van der Waals surface area (Å²) in [6, 6.07) is 10.2. The van der Waals surface area contributed by atoms with Gasteiger partial charge in [0, 0.05) is 32.0 Å². The zero-order chi connectivity index (χ0) is 16.1. The second-order valence-electron chi connectivity index (χ2n) is 6.32. The van der Waals surface area contributed by atoms with Crippen LogP contribution in [0.4, 0.5) is 4.79 Å². The zero-order valence-electron chi connectivity index (χ0n) is 13.6. The second kappa shape index (κ2) is 7.31. The summed E-state index contributed by atoms with van der Waals surface area (Å²) in [4.78, 5) is 14.3. The number of benzene rings is 1. The molecule has 5 heteroatoms. The Balaban J connectivity index is 1.60. The van der Waals surface area contributed by atoms with Gasteiger partial charge in [-0.3, -0.25) is 4.68 Å². The van der Waals surface area contributed by atoms with Gasteiger partial charge in [-0.25, -0.2) is 4.79 Å². The predicted octanol–water partition coefficient (Wildman–Crippen LogP) is 2.87. The molecule has 1 saturated heterocycles. The van der Waals surface area contributed by atoms with Crippen LogP contribution < -0.4 is 5.32 Å². The minimum atomic E-state index is 0.0467. The number of amides is 2. The molecule has 23 heavy (non-hydrogen) atoms. The van der Waals surface area contributed by atoms with Crippen LogP contribution in [0.2, 0.25) is 0 Å². The summed E-state index contributed by atoms with van der Waals surface area (Å²) in [6.45, 7) is 5.21. The zero-order valence-corrected chi connectivity index (χ0v) is 13.6. The van der Waals surface area contributed by atoms with Gasteiger partial charge in [-0.05, 0) is 36.0 Å². The van der Waals surface area contributed by atoms with E-state index in [0.29, 0.717) is 12.5 Å². The van der Waals surface area contributed by atoms with Crippen molar-refractivity contribution in [1.29, 1.82) is 0 Å². The fraction of sp³-hybridized carbons (Fsp3) is 0.444. The first-order valence-electron chi connectivity index (χ1n) is 8.29. The smallest absolute Gasteiger partial charge is 0.317 e. The third kappa shape index (κ3) is 4.12. The average molecular weight is 312 g/mol. The SMILES string of the molecule is C[C@@H]1CCCN(C(=O)NCc2ccccc2Cn2cccn2)C1. The summed E-state index contributed by atoms with van der Waals surface area (Å²) >= 11 is 0. The third-order valence-electron chi connectivity index (χ3n) is 4.38. The number of aromatic nitrogens is 2. The highest BCUT2D eigenvalue weighted by Gasteiger charge is 2.20. The highest BCUT2D eigenvalue weighted by Crippen LogP contribution is 2.16. The Hall–Kier alpha value is -2.30. The number of nitrogens with one attached hydrogen (secondary N) is 1. The van der Waals surface area contributed by atoms with Crippen molar-refractivity contribution in [3.05, 3.63) is 53.9 Å². The molecule has 0 spiro atoms. The van der Waals surface area contributed by atoms with Gasteiger partial charge in [0.05, 0.1) is 6.54 Å². The summed E-state index contributed by atoms with van der Waals surface area (Å²) in [6.07, 6.45) is 6.05. The largest absolute Gasteiger partial charge is 0.334 e. The highest BCUT2D eigenvalue weighted by molar-refractivity contribution is 5.74. The molecule has 1 aliphatic heterocycles. The van der Waals surface area contributed by atoms with Crippen LogP contribution in [0.3, 0.4) is 0 Å². The van der Waals surface area contributed by atoms with Gasteiger partial charge >= 0.3 is 6.03 Å². The van der Waals surface area contributed by atoms with Gasteiger partial charge < -0.3 is 10.2 Å². The molecule has 0 bridgehead atoms. The summed E-state index contributed by atoms with van der Waals surface area (Å²) in [5.74, 6) is 0.599. The van der Waals surface area contributed by atoms with Crippen molar-refractivity contribution < 1.29 is 4.79 Å². The van der Waals surface area contributed by atoms with E-state index in [1.54, 1.807) is 6.20 Å². The maximum Gasteiger partial charge on any atom is 0.317 e. The lowest BCUT2D eigenvalue weighted by atomic mass is 10.0. The molecule has 0 aliphatic carbocycles. The Morgan fingerprint density at radius 2 is 2.13 bits per heavy atom. The van der Waals surface area contributed by atoms with Crippen LogP contribution in [0.5, 0.6) is 0 Å². The summed E-state index contributed by atoms with van der Waals surface area (Å²) in [5.41, 5.74) is 2.32. The Morgan fingerprint density at radius 1 is 1.30 bits per heavy atom. The van der Waals surface area contributed by atoms with Crippen molar-refractivity contribution in [3.63, 3.8) is 0 Å². The van der Waals surface area contributed by atoms with Crippen molar-refractivity contribution in [3.8, 4) is 0 Å². The topological polar surface area (TPSA) is 50.2 Å². The lowest BCUT2D eigenvalue weighted by Gasteiger charge is -2.31. The van der Waals surface area contributed by atoms with Crippen molar-refractivity contribution in [1.82, 2.24) is 20.0 Å². The number of urea groups is 1. The molecule has 1 aromatic heterocycles. The lowest BCUT2D eigenvalue weighted by Crippen LogP contribution is -2.44. The summed E-state index contributed by atoms with van der Waals surface area (Å²) < 4.78 is 1.90. The molecule has 3 rings (SSSR count). The van der Waals surface area contributed by atoms with Gasteiger partial charge in [-0.1, -0.05) is 31.2 Å². The molecule has 1 aliphatic rings. The molecule has 0 unspecified atom stereocenters. The first-order valence-corrected chi connectivity index (χ1v) is 8.29. The van der Waals surface area contributed by atoms with E-state index in [4.69, 9.17) is 0 Å². The number of likely N-dealkylation sites (tertiary alicyclic amines) is 1. The molecule has 1 N–H and O–H groups in total. The number of hydrogen-bond donors (Lipinski definition) is 1. The highest BCUT2D eigenvalue weighted by atomic mass is 16.2. The van der Waals surface area contributed by atoms with E-state index in [1.807, 2.05) is 34.0 Å². The molecular weight excluding hydrogens is 288 g/mol. The van der Waals surface area contributed by atoms with Gasteiger partial charge in [0.1, 0.15) is 0 Å². The van der Waals surface area contributed by atoms with E-state index in [2.05, 4.69) is 29.5 Å². The molecule has 0 radical (unpaired) electrons. The normalized spacial score (nSPS) is 18.0. The molecule has 1 fully saturated rings. The van der Waals surface area contributed by atoms with E-state index >= 15 is 0 Å². The summed E-state index contributed by atoms with van der Waals surface area (Å²) in [5, 5.41) is 7.32. The molecule has 2 heterocycles. The second-order valence-corrected chi connectivity index (χ2v) is 6.32. The minimum Gasteiger partial charge on any atom is -0.334 e. The van der Waals surface area contributed by atoms with E-state index in [0.717, 1.165) is 31.6 Å². The predicted molar refractivity (Wildman–Crippen MR) is 90.0 cm³/mol. The molecule has 122 valence electrons. The number of carbonyl (C=O) groups is 1. The monoisotopic (exact) mass is 312 g/mol. The fourth-order valence-electron chi connectivity index (χ4n) is 3.11. The number of rotatable bonds is 4. The van der Waals surface area contributed by atoms with Crippen molar-refractivity contribution in [2.24, 2.45) is 5.92 Å². The molecule has 0 saturated carbocycles. The average Bonchev–Trinajstić information content (AvgIpc) is 3.07. The van der Waals surface area contributed by atoms with E-state index in [-0.39, 0.29) is 6.03 Å². The van der Waals surface area contributed by atoms with Crippen LogP contribution in [-0.4, -0.2) is 33.8 Å². The Kier molecular flexibility index (Phi) is 4.95. The van der Waals surface area contributed by atoms with E-state index in [9.17, 15) is 4.79 Å². The van der Waals surface area contributed by atoms with Crippen LogP contribution in [0.15, 0.2) is 42.7 Å². The third-order valence-corrected chi connectivity index (χ3v) is 4.38. The van der Waals surface area contributed by atoms with E-state index < -0.39 is 0 Å². The number of nitrogens with zero attached hydrogens (tertiary/aromatic N) is 3. The van der Waals surface area contributed by atoms with Crippen molar-refractivity contribution in [2.75, 3.05) is 13.1 Å². The van der Waals surface area contributed by atoms with Gasteiger partial charge in [0.2, 0.25) is 0 Å². The minimum absolute atomic E-state index is 0.0467. The van der Waals surface area contributed by atoms with Crippen molar-refractivity contribution in [2.45, 2.75) is 32.9 Å². The van der Waals surface area contributed by atoms with Crippen LogP contribution in [0.1, 0.15) is 30.9 Å². The van der Waals surface area contributed by atoms with Gasteiger partial charge in [-0.15, -0.1) is 0 Å². The van der Waals surface area contributed by atoms with Gasteiger partial charge in [0.25, 0.3) is 0 Å². The van der Waals surface area contributed by atoms with E-state index in [1.165, 1.54) is 12.0 Å². The van der Waals surface area contributed by atoms with Gasteiger partial charge in [0.15, 0.2) is 0 Å². The maximum absolute atomic E-state index is 12.3. The molecule has 2 amide bonds. The number of carbonyl (C=O) groups excluding carboxylic acids is 1. The quantitative estimate of drug-likeness (QED) is 0.944. The number of piperidine rings is 1. The fourth-order valence-corrected chi connectivity index (χ4v) is 3.11. The van der Waals surface area contributed by atoms with Crippen LogP contribution in [-0.2, 0) is 13.1 Å². The Labute approximate surface area is 137 Å². The van der Waals surface area contributed by atoms with Crippen LogP contribution in [0.25, 0.3) is 0 Å². The van der Waals surface area contributed by atoms with Crippen LogP contribution >= 0.6 is 0 Å². The first kappa shape index (κ1) is 15.6. The molecule has 1 aromatic carbocycles. The maximum atomic E-state index is 12.3. The van der Waals surface area contributed by atoms with Crippen LogP contribution in [0, 0.1) is 5.92 Å². The Bertz CT molecular complexity index is 638. The standard InChI is InChI=1S/C18H24N4O/c1-15-6-4-10-21(13-15)18(23)19-12-16-7-2-3-8-17(16)14-22-11-5-9-20-22/h2-3,5,7-9,11,15H,4,6,10,12-14H2,1H3,(H,19,23)/t15-/m1/s1. The van der Waals surface area contributed by atoms with Gasteiger partial charge in [-0.2, -0.15) is 5.10 Å². The molecule has 1 atom stereocenters. The Morgan fingerprint density at radius 3 is 2.87 bits per heavy atom. The molecular formula is C18H24N4O. The molecule has 2 aromatic rings. The van der Waals surface area contributed by atoms with Crippen molar-refractivity contribution >= 4 is 6.03 Å². The number of hydrogen-bond acceptors (Lipinski definition) is 2. The first-order chi connectivity index (χ1) is 11.2.